The molecule has 2 atom stereocenters. The van der Waals surface area contributed by atoms with E-state index in [2.05, 4.69) is 27.5 Å². The molecule has 1 saturated carbocycles. The van der Waals surface area contributed by atoms with Crippen LogP contribution in [0.3, 0.4) is 0 Å². The minimum Gasteiger partial charge on any atom is -0.460 e. The molecule has 150 valence electrons. The maximum Gasteiger partial charge on any atom is 0.408 e. The third-order valence-electron chi connectivity index (χ3n) is 4.50. The highest BCUT2D eigenvalue weighted by molar-refractivity contribution is 5.79. The van der Waals surface area contributed by atoms with Crippen molar-refractivity contribution in [1.82, 2.24) is 20.1 Å². The molecule has 1 aliphatic carbocycles. The molecular weight excluding hydrogens is 360 g/mol. The van der Waals surface area contributed by atoms with E-state index in [-0.39, 0.29) is 18.7 Å². The van der Waals surface area contributed by atoms with Crippen LogP contribution in [0.15, 0.2) is 36.9 Å². The number of hydrogen-bond acceptors (Lipinski definition) is 6. The second-order valence-electron chi connectivity index (χ2n) is 7.30. The number of amides is 1. The topological polar surface area (TPSA) is 95.3 Å². The molecule has 0 radical (unpaired) electrons. The summed E-state index contributed by atoms with van der Waals surface area (Å²) in [6.07, 6.45) is 3.16. The monoisotopic (exact) mass is 386 g/mol. The van der Waals surface area contributed by atoms with Crippen molar-refractivity contribution < 1.29 is 19.1 Å². The summed E-state index contributed by atoms with van der Waals surface area (Å²) in [4.78, 5) is 28.5. The molecule has 0 bridgehead atoms. The van der Waals surface area contributed by atoms with E-state index in [1.54, 1.807) is 13.8 Å². The van der Waals surface area contributed by atoms with E-state index in [1.807, 2.05) is 19.1 Å². The fraction of sp³-hybridized carbons (Fsp3) is 0.500. The van der Waals surface area contributed by atoms with E-state index >= 15 is 0 Å². The Bertz CT molecular complexity index is 785. The lowest BCUT2D eigenvalue weighted by atomic mass is 10.0. The van der Waals surface area contributed by atoms with Crippen LogP contribution >= 0.6 is 0 Å². The van der Waals surface area contributed by atoms with Crippen LogP contribution in [0, 0.1) is 0 Å². The van der Waals surface area contributed by atoms with E-state index in [9.17, 15) is 9.59 Å². The van der Waals surface area contributed by atoms with Gasteiger partial charge in [0, 0.05) is 0 Å². The number of hydrogen-bond donors (Lipinski definition) is 1. The Morgan fingerprint density at radius 1 is 1.18 bits per heavy atom. The van der Waals surface area contributed by atoms with Gasteiger partial charge in [-0.15, -0.1) is 0 Å². The second kappa shape index (κ2) is 8.86. The van der Waals surface area contributed by atoms with E-state index in [0.29, 0.717) is 5.92 Å². The number of ether oxygens (including phenoxy) is 2. The number of alkyl carbamates (subject to hydrolysis) is 1. The van der Waals surface area contributed by atoms with Crippen LogP contribution in [0.5, 0.6) is 0 Å². The molecule has 1 N–H and O–H groups in total. The van der Waals surface area contributed by atoms with Gasteiger partial charge in [0.05, 0.1) is 18.7 Å². The molecule has 28 heavy (non-hydrogen) atoms. The molecular formula is C20H26N4O4. The summed E-state index contributed by atoms with van der Waals surface area (Å²) in [5.74, 6) is 0.0638. The predicted octanol–water partition coefficient (Wildman–Crippen LogP) is 2.96. The van der Waals surface area contributed by atoms with Gasteiger partial charge in [0.25, 0.3) is 0 Å². The Kier molecular flexibility index (Phi) is 6.28. The Morgan fingerprint density at radius 2 is 1.89 bits per heavy atom. The number of esters is 1. The molecule has 1 aliphatic rings. The summed E-state index contributed by atoms with van der Waals surface area (Å²) in [7, 11) is 0. The number of rotatable bonds is 8. The molecule has 8 nitrogen and oxygen atoms in total. The van der Waals surface area contributed by atoms with Crippen molar-refractivity contribution in [3.63, 3.8) is 0 Å². The molecule has 2 unspecified atom stereocenters. The SMILES string of the molecule is CC(C)OC(=O)C(Cn1cncn1)OC(=O)NC(C)c1ccc(C2CC2)cc1. The smallest absolute Gasteiger partial charge is 0.408 e. The number of carbonyl (C=O) groups excluding carboxylic acids is 2. The zero-order valence-electron chi connectivity index (χ0n) is 16.4. The number of carbonyl (C=O) groups is 2. The molecule has 1 aromatic heterocycles. The Hall–Kier alpha value is -2.90. The quantitative estimate of drug-likeness (QED) is 0.701. The fourth-order valence-electron chi connectivity index (χ4n) is 2.86. The van der Waals surface area contributed by atoms with Crippen molar-refractivity contribution in [2.24, 2.45) is 0 Å². The van der Waals surface area contributed by atoms with Crippen molar-refractivity contribution >= 4 is 12.1 Å². The standard InChI is InChI=1S/C20H26N4O4/c1-13(2)27-19(25)18(10-24-12-21-11-22-24)28-20(26)23-14(3)15-4-6-16(7-5-15)17-8-9-17/h4-7,11-14,17-18H,8-10H2,1-3H3,(H,23,26). The molecule has 2 aromatic rings. The highest BCUT2D eigenvalue weighted by atomic mass is 16.6. The van der Waals surface area contributed by atoms with Gasteiger partial charge in [0.1, 0.15) is 12.7 Å². The van der Waals surface area contributed by atoms with Crippen LogP contribution < -0.4 is 5.32 Å². The summed E-state index contributed by atoms with van der Waals surface area (Å²) in [5, 5.41) is 6.71. The maximum absolute atomic E-state index is 12.4. The molecule has 1 fully saturated rings. The van der Waals surface area contributed by atoms with Crippen molar-refractivity contribution in [2.45, 2.75) is 64.3 Å². The first-order valence-electron chi connectivity index (χ1n) is 9.52. The van der Waals surface area contributed by atoms with E-state index in [0.717, 1.165) is 5.56 Å². The predicted molar refractivity (Wildman–Crippen MR) is 101 cm³/mol. The third kappa shape index (κ3) is 5.55. The lowest BCUT2D eigenvalue weighted by Crippen LogP contribution is -2.38. The van der Waals surface area contributed by atoms with Crippen LogP contribution in [0.2, 0.25) is 0 Å². The summed E-state index contributed by atoms with van der Waals surface area (Å²) in [5.41, 5.74) is 2.31. The van der Waals surface area contributed by atoms with Gasteiger partial charge in [-0.3, -0.25) is 0 Å². The summed E-state index contributed by atoms with van der Waals surface area (Å²) < 4.78 is 11.9. The zero-order chi connectivity index (χ0) is 20.1. The van der Waals surface area contributed by atoms with Crippen molar-refractivity contribution in [1.29, 1.82) is 0 Å². The third-order valence-corrected chi connectivity index (χ3v) is 4.50. The number of nitrogens with zero attached hydrogens (tertiary/aromatic N) is 3. The second-order valence-corrected chi connectivity index (χ2v) is 7.30. The van der Waals surface area contributed by atoms with Gasteiger partial charge in [-0.05, 0) is 50.7 Å². The highest BCUT2D eigenvalue weighted by Gasteiger charge is 2.27. The van der Waals surface area contributed by atoms with Gasteiger partial charge in [-0.2, -0.15) is 5.10 Å². The first kappa shape index (κ1) is 19.9. The van der Waals surface area contributed by atoms with Crippen LogP contribution in [0.25, 0.3) is 0 Å². The average molecular weight is 386 g/mol. The Morgan fingerprint density at radius 3 is 2.46 bits per heavy atom. The molecule has 0 saturated heterocycles. The molecule has 1 heterocycles. The van der Waals surface area contributed by atoms with Crippen LogP contribution in [-0.2, 0) is 20.8 Å². The van der Waals surface area contributed by atoms with Gasteiger partial charge in [-0.25, -0.2) is 19.3 Å². The molecule has 3 rings (SSSR count). The Labute approximate surface area is 164 Å². The maximum atomic E-state index is 12.4. The lowest BCUT2D eigenvalue weighted by molar-refractivity contribution is -0.158. The molecule has 0 aliphatic heterocycles. The highest BCUT2D eigenvalue weighted by Crippen LogP contribution is 2.40. The normalized spacial score (nSPS) is 15.7. The minimum atomic E-state index is -1.12. The van der Waals surface area contributed by atoms with E-state index < -0.39 is 18.2 Å². The number of benzene rings is 1. The lowest BCUT2D eigenvalue weighted by Gasteiger charge is -2.20. The van der Waals surface area contributed by atoms with Gasteiger partial charge in [-0.1, -0.05) is 24.3 Å². The van der Waals surface area contributed by atoms with Crippen molar-refractivity contribution in [2.75, 3.05) is 0 Å². The van der Waals surface area contributed by atoms with E-state index in [4.69, 9.17) is 9.47 Å². The van der Waals surface area contributed by atoms with Crippen LogP contribution in [0.1, 0.15) is 56.7 Å². The molecule has 0 spiro atoms. The van der Waals surface area contributed by atoms with Crippen molar-refractivity contribution in [3.8, 4) is 0 Å². The van der Waals surface area contributed by atoms with Gasteiger partial charge < -0.3 is 14.8 Å². The minimum absolute atomic E-state index is 0.0312. The first-order chi connectivity index (χ1) is 13.4. The van der Waals surface area contributed by atoms with Gasteiger partial charge >= 0.3 is 12.1 Å². The first-order valence-corrected chi connectivity index (χ1v) is 9.52. The Balaban J connectivity index is 1.59. The zero-order valence-corrected chi connectivity index (χ0v) is 16.4. The largest absolute Gasteiger partial charge is 0.460 e. The summed E-state index contributed by atoms with van der Waals surface area (Å²) in [6, 6.07) is 7.97. The average Bonchev–Trinajstić information content (AvgIpc) is 3.37. The molecule has 1 aromatic carbocycles. The summed E-state index contributed by atoms with van der Waals surface area (Å²) in [6.45, 7) is 5.37. The summed E-state index contributed by atoms with van der Waals surface area (Å²) >= 11 is 0. The molecule has 1 amide bonds. The van der Waals surface area contributed by atoms with Crippen molar-refractivity contribution in [3.05, 3.63) is 48.0 Å². The van der Waals surface area contributed by atoms with E-state index in [1.165, 1.54) is 35.7 Å². The van der Waals surface area contributed by atoms with Gasteiger partial charge in [0.2, 0.25) is 6.10 Å². The number of nitrogens with one attached hydrogen (secondary N) is 1. The number of aromatic nitrogens is 3. The van der Waals surface area contributed by atoms with Crippen LogP contribution in [-0.4, -0.2) is 39.0 Å². The van der Waals surface area contributed by atoms with Crippen LogP contribution in [0.4, 0.5) is 4.79 Å². The fourth-order valence-corrected chi connectivity index (χ4v) is 2.86. The molecule has 8 heteroatoms. The van der Waals surface area contributed by atoms with Gasteiger partial charge in [0.15, 0.2) is 0 Å².